The van der Waals surface area contributed by atoms with Crippen molar-refractivity contribution in [1.29, 1.82) is 0 Å². The second-order valence-corrected chi connectivity index (χ2v) is 7.62. The number of anilines is 1. The summed E-state index contributed by atoms with van der Waals surface area (Å²) in [6.07, 6.45) is 2.89. The van der Waals surface area contributed by atoms with E-state index in [1.165, 1.54) is 0 Å². The summed E-state index contributed by atoms with van der Waals surface area (Å²) in [5.74, 6) is -1.56. The lowest BCUT2D eigenvalue weighted by Crippen LogP contribution is -2.46. The van der Waals surface area contributed by atoms with Crippen LogP contribution in [0.3, 0.4) is 0 Å². The third-order valence-corrected chi connectivity index (χ3v) is 6.16. The molecule has 1 amide bonds. The highest BCUT2D eigenvalue weighted by molar-refractivity contribution is 6.00. The number of carbonyl (C=O) groups excluding carboxylic acids is 1. The van der Waals surface area contributed by atoms with Gasteiger partial charge in [0.25, 0.3) is 5.91 Å². The Balaban J connectivity index is 1.54. The maximum absolute atomic E-state index is 14.7. The molecule has 2 N–H and O–H groups in total. The van der Waals surface area contributed by atoms with Crippen molar-refractivity contribution < 1.29 is 13.6 Å². The molecule has 4 heterocycles. The molecule has 5 nitrogen and oxygen atoms in total. The van der Waals surface area contributed by atoms with Gasteiger partial charge in [-0.05, 0) is 25.8 Å². The van der Waals surface area contributed by atoms with E-state index in [2.05, 4.69) is 10.6 Å². The van der Waals surface area contributed by atoms with E-state index in [9.17, 15) is 13.6 Å². The van der Waals surface area contributed by atoms with Crippen molar-refractivity contribution in [2.75, 3.05) is 31.1 Å². The monoisotopic (exact) mass is 348 g/mol. The number of hydrogen-bond donors (Lipinski definition) is 2. The van der Waals surface area contributed by atoms with Crippen LogP contribution in [0, 0.1) is 11.6 Å². The predicted molar refractivity (Wildman–Crippen MR) is 89.7 cm³/mol. The lowest BCUT2D eigenvalue weighted by atomic mass is 10.0. The van der Waals surface area contributed by atoms with E-state index in [1.807, 2.05) is 4.90 Å². The molecule has 0 spiro atoms. The van der Waals surface area contributed by atoms with E-state index in [-0.39, 0.29) is 23.6 Å². The van der Waals surface area contributed by atoms with Gasteiger partial charge in [0, 0.05) is 55.9 Å². The summed E-state index contributed by atoms with van der Waals surface area (Å²) in [6, 6.07) is 1.55. The number of amides is 1. The highest BCUT2D eigenvalue weighted by Gasteiger charge is 2.44. The molecule has 5 rings (SSSR count). The Bertz CT molecular complexity index is 734. The SMILES string of the molecule is O=C1c2c(F)cc(F)c(N3CC4CC3CN4)c2CN1C1CCCNC1. The zero-order chi connectivity index (χ0) is 17.1. The number of fused-ring (bicyclic) bond motifs is 3. The number of benzene rings is 1. The fourth-order valence-corrected chi connectivity index (χ4v) is 4.97. The normalized spacial score (nSPS) is 31.1. The summed E-state index contributed by atoms with van der Waals surface area (Å²) < 4.78 is 29.2. The summed E-state index contributed by atoms with van der Waals surface area (Å²) in [5.41, 5.74) is 1.07. The molecule has 1 aromatic carbocycles. The quantitative estimate of drug-likeness (QED) is 0.844. The van der Waals surface area contributed by atoms with Crippen LogP contribution in [0.15, 0.2) is 6.07 Å². The van der Waals surface area contributed by atoms with Crippen LogP contribution in [0.2, 0.25) is 0 Å². The molecule has 3 saturated heterocycles. The third-order valence-electron chi connectivity index (χ3n) is 6.16. The van der Waals surface area contributed by atoms with Crippen LogP contribution in [-0.2, 0) is 6.54 Å². The fourth-order valence-electron chi connectivity index (χ4n) is 4.97. The Labute approximate surface area is 145 Å². The second kappa shape index (κ2) is 5.64. The molecule has 7 heteroatoms. The number of carbonyl (C=O) groups is 1. The van der Waals surface area contributed by atoms with Crippen molar-refractivity contribution in [3.05, 3.63) is 28.8 Å². The van der Waals surface area contributed by atoms with E-state index in [4.69, 9.17) is 0 Å². The van der Waals surface area contributed by atoms with Gasteiger partial charge in [0.15, 0.2) is 0 Å². The molecule has 2 bridgehead atoms. The van der Waals surface area contributed by atoms with Gasteiger partial charge in [0.2, 0.25) is 0 Å². The molecule has 134 valence electrons. The van der Waals surface area contributed by atoms with Gasteiger partial charge in [-0.25, -0.2) is 8.78 Å². The smallest absolute Gasteiger partial charge is 0.257 e. The van der Waals surface area contributed by atoms with E-state index >= 15 is 0 Å². The molecular formula is C18H22F2N4O. The van der Waals surface area contributed by atoms with Crippen molar-refractivity contribution >= 4 is 11.6 Å². The first-order valence-electron chi connectivity index (χ1n) is 9.16. The van der Waals surface area contributed by atoms with E-state index in [0.29, 0.717) is 23.8 Å². The number of halogens is 2. The van der Waals surface area contributed by atoms with Crippen molar-refractivity contribution in [3.8, 4) is 0 Å². The topological polar surface area (TPSA) is 47.6 Å². The summed E-state index contributed by atoms with van der Waals surface area (Å²) in [7, 11) is 0. The first-order valence-corrected chi connectivity index (χ1v) is 9.16. The van der Waals surface area contributed by atoms with E-state index in [0.717, 1.165) is 51.5 Å². The molecule has 4 aliphatic rings. The Morgan fingerprint density at radius 2 is 2.00 bits per heavy atom. The Morgan fingerprint density at radius 1 is 1.12 bits per heavy atom. The maximum Gasteiger partial charge on any atom is 0.257 e. The zero-order valence-electron chi connectivity index (χ0n) is 14.0. The molecule has 4 aliphatic heterocycles. The highest BCUT2D eigenvalue weighted by Crippen LogP contribution is 2.40. The van der Waals surface area contributed by atoms with Gasteiger partial charge in [-0.2, -0.15) is 0 Å². The van der Waals surface area contributed by atoms with Crippen LogP contribution in [0.1, 0.15) is 35.2 Å². The minimum atomic E-state index is -0.727. The van der Waals surface area contributed by atoms with E-state index < -0.39 is 11.6 Å². The summed E-state index contributed by atoms with van der Waals surface area (Å²) in [5, 5.41) is 6.70. The van der Waals surface area contributed by atoms with Crippen molar-refractivity contribution in [3.63, 3.8) is 0 Å². The minimum absolute atomic E-state index is 0.0562. The number of nitrogens with zero attached hydrogens (tertiary/aromatic N) is 2. The van der Waals surface area contributed by atoms with Crippen LogP contribution in [-0.4, -0.2) is 55.1 Å². The Morgan fingerprint density at radius 3 is 2.68 bits per heavy atom. The number of nitrogens with one attached hydrogen (secondary N) is 2. The fraction of sp³-hybridized carbons (Fsp3) is 0.611. The van der Waals surface area contributed by atoms with Crippen LogP contribution >= 0.6 is 0 Å². The molecule has 3 atom stereocenters. The maximum atomic E-state index is 14.7. The highest BCUT2D eigenvalue weighted by atomic mass is 19.1. The molecule has 3 unspecified atom stereocenters. The largest absolute Gasteiger partial charge is 0.363 e. The van der Waals surface area contributed by atoms with Crippen LogP contribution in [0.4, 0.5) is 14.5 Å². The molecule has 0 aliphatic carbocycles. The van der Waals surface area contributed by atoms with Gasteiger partial charge in [-0.1, -0.05) is 0 Å². The summed E-state index contributed by atoms with van der Waals surface area (Å²) in [4.78, 5) is 16.6. The lowest BCUT2D eigenvalue weighted by molar-refractivity contribution is 0.0671. The average molecular weight is 348 g/mol. The summed E-state index contributed by atoms with van der Waals surface area (Å²) >= 11 is 0. The predicted octanol–water partition coefficient (Wildman–Crippen LogP) is 1.22. The average Bonchev–Trinajstić information content (AvgIpc) is 3.30. The Hall–Kier alpha value is -1.73. The standard InChI is InChI=1S/C18H22F2N4O/c19-14-5-15(20)17(23-8-10-4-12(23)7-22-10)13-9-24(18(25)16(13)14)11-2-1-3-21-6-11/h5,10-12,21-22H,1-4,6-9H2. The lowest BCUT2D eigenvalue weighted by Gasteiger charge is -2.33. The van der Waals surface area contributed by atoms with Crippen molar-refractivity contribution in [1.82, 2.24) is 15.5 Å². The third kappa shape index (κ3) is 2.29. The molecule has 1 aromatic rings. The van der Waals surface area contributed by atoms with Crippen LogP contribution < -0.4 is 15.5 Å². The van der Waals surface area contributed by atoms with Gasteiger partial charge < -0.3 is 20.4 Å². The number of piperidine rings is 1. The molecule has 0 radical (unpaired) electrons. The van der Waals surface area contributed by atoms with Gasteiger partial charge in [-0.15, -0.1) is 0 Å². The molecular weight excluding hydrogens is 326 g/mol. The Kier molecular flexibility index (Phi) is 3.50. The van der Waals surface area contributed by atoms with Gasteiger partial charge >= 0.3 is 0 Å². The molecule has 0 aromatic heterocycles. The van der Waals surface area contributed by atoms with Gasteiger partial charge in [0.05, 0.1) is 11.3 Å². The van der Waals surface area contributed by atoms with Gasteiger partial charge in [-0.3, -0.25) is 4.79 Å². The van der Waals surface area contributed by atoms with E-state index in [1.54, 1.807) is 4.90 Å². The van der Waals surface area contributed by atoms with Crippen molar-refractivity contribution in [2.24, 2.45) is 0 Å². The first-order chi connectivity index (χ1) is 12.1. The molecule has 3 fully saturated rings. The van der Waals surface area contributed by atoms with Crippen molar-refractivity contribution in [2.45, 2.75) is 43.9 Å². The first kappa shape index (κ1) is 15.5. The van der Waals surface area contributed by atoms with Crippen LogP contribution in [0.25, 0.3) is 0 Å². The summed E-state index contributed by atoms with van der Waals surface area (Å²) in [6.45, 7) is 3.52. The molecule has 0 saturated carbocycles. The van der Waals surface area contributed by atoms with Gasteiger partial charge in [0.1, 0.15) is 11.6 Å². The zero-order valence-corrected chi connectivity index (χ0v) is 14.0. The second-order valence-electron chi connectivity index (χ2n) is 7.62. The number of piperazine rings is 1. The molecule has 25 heavy (non-hydrogen) atoms. The number of rotatable bonds is 2. The minimum Gasteiger partial charge on any atom is -0.363 e. The van der Waals surface area contributed by atoms with Crippen LogP contribution in [0.5, 0.6) is 0 Å². The number of hydrogen-bond acceptors (Lipinski definition) is 4.